The van der Waals surface area contributed by atoms with Gasteiger partial charge in [-0.15, -0.1) is 15.7 Å². The van der Waals surface area contributed by atoms with Crippen molar-refractivity contribution in [2.75, 3.05) is 12.4 Å². The predicted molar refractivity (Wildman–Crippen MR) is 121 cm³/mol. The molecule has 11 heteroatoms. The molecule has 3 heterocycles. The summed E-state index contributed by atoms with van der Waals surface area (Å²) in [6.07, 6.45) is 3.11. The van der Waals surface area contributed by atoms with Gasteiger partial charge in [-0.2, -0.15) is 13.5 Å². The van der Waals surface area contributed by atoms with E-state index in [1.54, 1.807) is 12.1 Å². The van der Waals surface area contributed by atoms with Crippen molar-refractivity contribution in [1.82, 2.24) is 9.78 Å². The molecule has 1 aliphatic carbocycles. The van der Waals surface area contributed by atoms with Crippen LogP contribution >= 0.6 is 11.3 Å². The molecule has 1 aromatic carbocycles. The van der Waals surface area contributed by atoms with E-state index in [-0.39, 0.29) is 27.7 Å². The Hall–Kier alpha value is -3.18. The van der Waals surface area contributed by atoms with E-state index in [0.29, 0.717) is 23.1 Å². The number of hydrogen-bond donors (Lipinski definition) is 2. The van der Waals surface area contributed by atoms with Crippen LogP contribution in [0.3, 0.4) is 0 Å². The number of methoxy groups -OCH3 is 1. The number of nitrogens with zero attached hydrogens (tertiary/aromatic N) is 3. The summed E-state index contributed by atoms with van der Waals surface area (Å²) in [6, 6.07) is 8.08. The van der Waals surface area contributed by atoms with E-state index in [4.69, 9.17) is 4.74 Å². The molecule has 9 nitrogen and oxygen atoms in total. The zero-order chi connectivity index (χ0) is 22.5. The number of nitrogens with one attached hydrogen (secondary N) is 1. The number of fused-ring (bicyclic) bond motifs is 1. The summed E-state index contributed by atoms with van der Waals surface area (Å²) in [7, 11) is -2.70. The van der Waals surface area contributed by atoms with Crippen LogP contribution in [0.4, 0.5) is 5.69 Å². The maximum atomic E-state index is 13.3. The fraction of sp³-hybridized carbons (Fsp3) is 0.286. The van der Waals surface area contributed by atoms with E-state index in [9.17, 15) is 18.3 Å². The second kappa shape index (κ2) is 7.75. The van der Waals surface area contributed by atoms with Gasteiger partial charge < -0.3 is 15.2 Å². The third kappa shape index (κ3) is 3.47. The van der Waals surface area contributed by atoms with Crippen LogP contribution in [0, 0.1) is 5.92 Å². The van der Waals surface area contributed by atoms with Crippen molar-refractivity contribution in [2.24, 2.45) is 10.3 Å². The monoisotopic (exact) mass is 472 g/mol. The van der Waals surface area contributed by atoms with Crippen LogP contribution < -0.4 is 15.6 Å². The molecule has 0 radical (unpaired) electrons. The minimum Gasteiger partial charge on any atom is -0.505 e. The smallest absolute Gasteiger partial charge is 0.286 e. The van der Waals surface area contributed by atoms with Gasteiger partial charge in [0.25, 0.3) is 15.6 Å². The molecule has 5 rings (SSSR count). The van der Waals surface area contributed by atoms with Gasteiger partial charge in [0.05, 0.1) is 17.7 Å². The summed E-state index contributed by atoms with van der Waals surface area (Å²) >= 11 is 1.36. The molecule has 2 aromatic heterocycles. The van der Waals surface area contributed by atoms with E-state index in [2.05, 4.69) is 14.8 Å². The van der Waals surface area contributed by atoms with Crippen LogP contribution in [-0.4, -0.2) is 36.3 Å². The van der Waals surface area contributed by atoms with Gasteiger partial charge >= 0.3 is 0 Å². The molecule has 166 valence electrons. The average molecular weight is 473 g/mol. The maximum absolute atomic E-state index is 13.3. The van der Waals surface area contributed by atoms with E-state index >= 15 is 0 Å². The van der Waals surface area contributed by atoms with Crippen molar-refractivity contribution >= 4 is 32.9 Å². The third-order valence-corrected chi connectivity index (χ3v) is 7.90. The average Bonchev–Trinajstić information content (AvgIpc) is 3.26. The highest BCUT2D eigenvalue weighted by Gasteiger charge is 2.31. The minimum atomic E-state index is -4.13. The van der Waals surface area contributed by atoms with Gasteiger partial charge in [-0.1, -0.05) is 12.5 Å². The Labute approximate surface area is 188 Å². The Morgan fingerprint density at radius 2 is 2.12 bits per heavy atom. The van der Waals surface area contributed by atoms with E-state index < -0.39 is 21.3 Å². The molecule has 1 saturated carbocycles. The van der Waals surface area contributed by atoms with Crippen molar-refractivity contribution in [1.29, 1.82) is 0 Å². The van der Waals surface area contributed by atoms with Crippen LogP contribution in [0.25, 0.3) is 10.6 Å². The van der Waals surface area contributed by atoms with Crippen LogP contribution in [-0.2, 0) is 16.6 Å². The molecule has 0 saturated heterocycles. The van der Waals surface area contributed by atoms with Crippen molar-refractivity contribution < 1.29 is 18.3 Å². The number of aromatic nitrogens is 2. The summed E-state index contributed by atoms with van der Waals surface area (Å²) in [5, 5.41) is 20.2. The first-order chi connectivity index (χ1) is 15.4. The van der Waals surface area contributed by atoms with Crippen molar-refractivity contribution in [3.8, 4) is 22.1 Å². The van der Waals surface area contributed by atoms with Gasteiger partial charge in [-0.3, -0.25) is 4.79 Å². The van der Waals surface area contributed by atoms with Gasteiger partial charge in [-0.25, -0.2) is 4.68 Å². The van der Waals surface area contributed by atoms with Gasteiger partial charge in [-0.05, 0) is 42.3 Å². The highest BCUT2D eigenvalue weighted by atomic mass is 32.2. The third-order valence-electron chi connectivity index (χ3n) is 5.71. The molecule has 3 aromatic rings. The van der Waals surface area contributed by atoms with E-state index in [1.165, 1.54) is 35.3 Å². The fourth-order valence-electron chi connectivity index (χ4n) is 3.77. The van der Waals surface area contributed by atoms with Gasteiger partial charge in [0.1, 0.15) is 21.9 Å². The maximum Gasteiger partial charge on any atom is 0.286 e. The topological polar surface area (TPSA) is 123 Å². The quantitative estimate of drug-likeness (QED) is 0.585. The van der Waals surface area contributed by atoms with Crippen molar-refractivity contribution in [3.63, 3.8) is 0 Å². The van der Waals surface area contributed by atoms with Crippen molar-refractivity contribution in [3.05, 3.63) is 51.6 Å². The van der Waals surface area contributed by atoms with Crippen LogP contribution in [0.15, 0.2) is 49.8 Å². The fourth-order valence-corrected chi connectivity index (χ4v) is 5.62. The zero-order valence-corrected chi connectivity index (χ0v) is 18.7. The second-order valence-electron chi connectivity index (χ2n) is 7.74. The number of amidine groups is 1. The highest BCUT2D eigenvalue weighted by Crippen LogP contribution is 2.36. The number of ether oxygens (including phenoxy) is 1. The van der Waals surface area contributed by atoms with Crippen LogP contribution in [0.1, 0.15) is 24.8 Å². The number of anilines is 1. The molecule has 1 aliphatic heterocycles. The first kappa shape index (κ1) is 20.7. The van der Waals surface area contributed by atoms with Gasteiger partial charge in [0.15, 0.2) is 11.6 Å². The van der Waals surface area contributed by atoms with Crippen LogP contribution in [0.5, 0.6) is 11.5 Å². The Bertz CT molecular complexity index is 1390. The zero-order valence-electron chi connectivity index (χ0n) is 17.1. The number of sulfonamides is 1. The van der Waals surface area contributed by atoms with E-state index in [1.807, 2.05) is 11.4 Å². The molecule has 0 spiro atoms. The SMILES string of the molecule is COc1ccc2c(c1)S(=O)(=O)N=C(c1c(O)c(-c3cccs3)nn(CC3CCC3)c1=O)N2. The molecular weight excluding hydrogens is 452 g/mol. The summed E-state index contributed by atoms with van der Waals surface area (Å²) in [5.41, 5.74) is -0.341. The summed E-state index contributed by atoms with van der Waals surface area (Å²) in [4.78, 5) is 13.9. The number of hydrogen-bond acceptors (Lipinski definition) is 8. The number of thiophene rings is 1. The lowest BCUT2D eigenvalue weighted by Gasteiger charge is -2.26. The Morgan fingerprint density at radius 3 is 2.78 bits per heavy atom. The Morgan fingerprint density at radius 1 is 1.31 bits per heavy atom. The molecule has 1 fully saturated rings. The molecular formula is C21H20N4O5S2. The number of rotatable bonds is 5. The molecule has 32 heavy (non-hydrogen) atoms. The van der Waals surface area contributed by atoms with Gasteiger partial charge in [0, 0.05) is 12.6 Å². The lowest BCUT2D eigenvalue weighted by molar-refractivity contribution is 0.261. The highest BCUT2D eigenvalue weighted by molar-refractivity contribution is 7.90. The number of benzene rings is 1. The van der Waals surface area contributed by atoms with E-state index in [0.717, 1.165) is 19.3 Å². The molecule has 0 bridgehead atoms. The predicted octanol–water partition coefficient (Wildman–Crippen LogP) is 3.05. The molecule has 0 unspecified atom stereocenters. The molecule has 0 amide bonds. The first-order valence-electron chi connectivity index (χ1n) is 10.1. The van der Waals surface area contributed by atoms with Crippen molar-refractivity contribution in [2.45, 2.75) is 30.7 Å². The summed E-state index contributed by atoms with van der Waals surface area (Å²) in [5.74, 6) is 0.0581. The lowest BCUT2D eigenvalue weighted by atomic mass is 9.85. The minimum absolute atomic E-state index is 0.0672. The normalized spacial score (nSPS) is 17.1. The Balaban J connectivity index is 1.69. The van der Waals surface area contributed by atoms with Gasteiger partial charge in [0.2, 0.25) is 0 Å². The summed E-state index contributed by atoms with van der Waals surface area (Å²) < 4.78 is 36.0. The largest absolute Gasteiger partial charge is 0.505 e. The standard InChI is InChI=1S/C21H20N4O5S2/c1-30-13-7-8-14-16(10-13)32(28,29)24-20(22-14)17-19(26)18(15-6-3-9-31-15)23-25(21(17)27)11-12-4-2-5-12/h3,6-10,12,26H,2,4-5,11H2,1H3,(H,22,24). The second-order valence-corrected chi connectivity index (χ2v) is 10.3. The lowest BCUT2D eigenvalue weighted by Crippen LogP contribution is -2.36. The Kier molecular flexibility index (Phi) is 5.01. The first-order valence-corrected chi connectivity index (χ1v) is 12.4. The molecule has 2 aliphatic rings. The molecule has 2 N–H and O–H groups in total. The molecule has 0 atom stereocenters. The number of aromatic hydroxyl groups is 1. The van der Waals surface area contributed by atoms with Crippen LogP contribution in [0.2, 0.25) is 0 Å². The summed E-state index contributed by atoms with van der Waals surface area (Å²) in [6.45, 7) is 0.401.